The first-order chi connectivity index (χ1) is 17.3. The van der Waals surface area contributed by atoms with E-state index in [-0.39, 0.29) is 30.9 Å². The zero-order valence-electron chi connectivity index (χ0n) is 19.2. The van der Waals surface area contributed by atoms with Gasteiger partial charge in [0.1, 0.15) is 6.04 Å². The molecule has 2 aromatic carbocycles. The van der Waals surface area contributed by atoms with Crippen molar-refractivity contribution in [1.82, 2.24) is 14.7 Å². The van der Waals surface area contributed by atoms with Gasteiger partial charge in [0, 0.05) is 18.2 Å². The zero-order chi connectivity index (χ0) is 25.8. The maximum absolute atomic E-state index is 13.2. The molecule has 0 radical (unpaired) electrons. The van der Waals surface area contributed by atoms with Gasteiger partial charge in [0.25, 0.3) is 0 Å². The van der Waals surface area contributed by atoms with Crippen molar-refractivity contribution in [3.63, 3.8) is 0 Å². The zero-order valence-corrected chi connectivity index (χ0v) is 20.8. The van der Waals surface area contributed by atoms with Crippen LogP contribution in [-0.2, 0) is 27.2 Å². The third-order valence-corrected chi connectivity index (χ3v) is 5.99. The van der Waals surface area contributed by atoms with Crippen LogP contribution in [0.25, 0.3) is 16.9 Å². The van der Waals surface area contributed by atoms with Gasteiger partial charge in [-0.25, -0.2) is 9.78 Å². The largest absolute Gasteiger partial charge is 0.504 e. The summed E-state index contributed by atoms with van der Waals surface area (Å²) >= 11 is 12.6. The Bertz CT molecular complexity index is 1420. The van der Waals surface area contributed by atoms with Crippen LogP contribution in [0.5, 0.6) is 11.5 Å². The highest BCUT2D eigenvalue weighted by atomic mass is 35.5. The number of carbonyl (C=O) groups is 2. The molecule has 2 heterocycles. The van der Waals surface area contributed by atoms with Crippen LogP contribution >= 0.6 is 23.2 Å². The molecular weight excluding hydrogens is 505 g/mol. The molecule has 1 unspecified atom stereocenters. The summed E-state index contributed by atoms with van der Waals surface area (Å²) in [5.74, 6) is -1.68. The highest BCUT2D eigenvalue weighted by Crippen LogP contribution is 2.30. The lowest BCUT2D eigenvalue weighted by Gasteiger charge is -2.18. The van der Waals surface area contributed by atoms with E-state index in [1.54, 1.807) is 29.7 Å². The number of pyridine rings is 1. The van der Waals surface area contributed by atoms with Crippen molar-refractivity contribution in [2.75, 3.05) is 6.61 Å². The average molecular weight is 528 g/mol. The van der Waals surface area contributed by atoms with E-state index in [1.807, 2.05) is 30.3 Å². The van der Waals surface area contributed by atoms with E-state index in [9.17, 15) is 19.8 Å². The molecule has 0 saturated carbocycles. The summed E-state index contributed by atoms with van der Waals surface area (Å²) in [5.41, 5.74) is 2.87. The fraction of sp³-hybridized carbons (Fsp3) is 0.192. The fourth-order valence-corrected chi connectivity index (χ4v) is 4.39. The minimum Gasteiger partial charge on any atom is -0.504 e. The molecule has 0 saturated heterocycles. The second kappa shape index (κ2) is 10.9. The molecule has 2 aromatic heterocycles. The maximum Gasteiger partial charge on any atom is 0.328 e. The highest BCUT2D eigenvalue weighted by Gasteiger charge is 2.25. The number of imidazole rings is 1. The van der Waals surface area contributed by atoms with Crippen LogP contribution in [0.1, 0.15) is 18.2 Å². The summed E-state index contributed by atoms with van der Waals surface area (Å²) < 4.78 is 6.81. The number of phenols is 2. The Balaban J connectivity index is 1.66. The topological polar surface area (TPSA) is 113 Å². The summed E-state index contributed by atoms with van der Waals surface area (Å²) in [7, 11) is 0. The summed E-state index contributed by atoms with van der Waals surface area (Å²) in [6.07, 6.45) is 1.56. The maximum atomic E-state index is 13.2. The minimum atomic E-state index is -1.02. The Labute approximate surface area is 217 Å². The first-order valence-electron chi connectivity index (χ1n) is 11.1. The number of phenolic OH excluding ortho intramolecular Hbond substituents is 2. The smallest absolute Gasteiger partial charge is 0.328 e. The van der Waals surface area contributed by atoms with Crippen molar-refractivity contribution < 1.29 is 24.5 Å². The number of ether oxygens (including phenoxy) is 1. The number of nitrogens with one attached hydrogen (secondary N) is 1. The predicted octanol–water partition coefficient (Wildman–Crippen LogP) is 4.55. The third-order valence-electron chi connectivity index (χ3n) is 5.50. The quantitative estimate of drug-likeness (QED) is 0.229. The van der Waals surface area contributed by atoms with Gasteiger partial charge in [0.05, 0.1) is 34.5 Å². The Morgan fingerprint density at radius 2 is 1.83 bits per heavy atom. The number of fused-ring (bicyclic) bond motifs is 1. The number of rotatable bonds is 8. The summed E-state index contributed by atoms with van der Waals surface area (Å²) in [6.45, 7) is 1.80. The lowest BCUT2D eigenvalue weighted by atomic mass is 10.0. The van der Waals surface area contributed by atoms with Gasteiger partial charge < -0.3 is 24.7 Å². The van der Waals surface area contributed by atoms with Crippen LogP contribution in [0.15, 0.2) is 60.8 Å². The average Bonchev–Trinajstić information content (AvgIpc) is 3.20. The Morgan fingerprint density at radius 3 is 2.53 bits per heavy atom. The number of esters is 1. The number of carbonyl (C=O) groups excluding carboxylic acids is 2. The number of aromatic nitrogens is 2. The molecule has 4 aromatic rings. The van der Waals surface area contributed by atoms with Gasteiger partial charge in [0.15, 0.2) is 17.1 Å². The SMILES string of the molecule is CCOC(=O)C(Cc1ccc(O)c(O)c1)NC(=O)Cc1c(-c2ccccc2)nc2c(Cl)cc(Cl)cn12. The van der Waals surface area contributed by atoms with Gasteiger partial charge in [-0.3, -0.25) is 4.79 Å². The number of hydrogen-bond donors (Lipinski definition) is 3. The Hall–Kier alpha value is -3.75. The molecule has 0 aliphatic rings. The van der Waals surface area contributed by atoms with Crippen LogP contribution in [0.2, 0.25) is 10.0 Å². The molecular formula is C26H23Cl2N3O5. The highest BCUT2D eigenvalue weighted by molar-refractivity contribution is 6.36. The second-order valence-corrected chi connectivity index (χ2v) is 8.89. The number of nitrogens with zero attached hydrogens (tertiary/aromatic N) is 2. The molecule has 4 rings (SSSR count). The first-order valence-corrected chi connectivity index (χ1v) is 11.9. The monoisotopic (exact) mass is 527 g/mol. The number of aromatic hydroxyl groups is 2. The van der Waals surface area contributed by atoms with Crippen molar-refractivity contribution in [3.05, 3.63) is 82.1 Å². The molecule has 186 valence electrons. The predicted molar refractivity (Wildman–Crippen MR) is 136 cm³/mol. The summed E-state index contributed by atoms with van der Waals surface area (Å²) in [6, 6.07) is 14.1. The van der Waals surface area contributed by atoms with Crippen LogP contribution in [0.3, 0.4) is 0 Å². The van der Waals surface area contributed by atoms with Gasteiger partial charge in [0.2, 0.25) is 5.91 Å². The van der Waals surface area contributed by atoms with Gasteiger partial charge in [-0.15, -0.1) is 0 Å². The molecule has 10 heteroatoms. The van der Waals surface area contributed by atoms with Crippen molar-refractivity contribution in [2.24, 2.45) is 0 Å². The van der Waals surface area contributed by atoms with E-state index >= 15 is 0 Å². The van der Waals surface area contributed by atoms with E-state index in [1.165, 1.54) is 12.1 Å². The van der Waals surface area contributed by atoms with Crippen LogP contribution in [0, 0.1) is 0 Å². The van der Waals surface area contributed by atoms with E-state index in [0.717, 1.165) is 5.56 Å². The summed E-state index contributed by atoms with van der Waals surface area (Å²) in [5, 5.41) is 22.8. The van der Waals surface area contributed by atoms with Gasteiger partial charge in [-0.1, -0.05) is 59.6 Å². The minimum absolute atomic E-state index is 0.0504. The lowest BCUT2D eigenvalue weighted by molar-refractivity contribution is -0.147. The molecule has 0 fully saturated rings. The van der Waals surface area contributed by atoms with E-state index < -0.39 is 17.9 Å². The van der Waals surface area contributed by atoms with Crippen molar-refractivity contribution in [1.29, 1.82) is 0 Å². The van der Waals surface area contributed by atoms with E-state index in [2.05, 4.69) is 10.3 Å². The normalized spacial score (nSPS) is 11.9. The molecule has 0 bridgehead atoms. The van der Waals surface area contributed by atoms with Crippen molar-refractivity contribution in [3.8, 4) is 22.8 Å². The van der Waals surface area contributed by atoms with E-state index in [0.29, 0.717) is 32.6 Å². The standard InChI is InChI=1S/C26H23Cl2N3O5/c1-2-36-26(35)19(10-15-8-9-21(32)22(33)11-15)29-23(34)13-20-24(16-6-4-3-5-7-16)30-25-18(28)12-17(27)14-31(20)25/h3-9,11-12,14,19,32-33H,2,10,13H2,1H3,(H,29,34). The van der Waals surface area contributed by atoms with Crippen LogP contribution in [0.4, 0.5) is 0 Å². The first kappa shape index (κ1) is 25.3. The molecule has 3 N–H and O–H groups in total. The molecule has 8 nitrogen and oxygen atoms in total. The molecule has 0 spiro atoms. The molecule has 0 aliphatic carbocycles. The third kappa shape index (κ3) is 5.56. The molecule has 1 amide bonds. The molecule has 36 heavy (non-hydrogen) atoms. The molecule has 0 aliphatic heterocycles. The van der Waals surface area contributed by atoms with Crippen LogP contribution in [-0.4, -0.2) is 44.1 Å². The van der Waals surface area contributed by atoms with Crippen molar-refractivity contribution in [2.45, 2.75) is 25.8 Å². The van der Waals surface area contributed by atoms with Crippen molar-refractivity contribution >= 4 is 40.7 Å². The Morgan fingerprint density at radius 1 is 1.08 bits per heavy atom. The number of amides is 1. The molecule has 1 atom stereocenters. The number of benzene rings is 2. The van der Waals surface area contributed by atoms with Crippen LogP contribution < -0.4 is 5.32 Å². The fourth-order valence-electron chi connectivity index (χ4n) is 3.88. The van der Waals surface area contributed by atoms with E-state index in [4.69, 9.17) is 27.9 Å². The second-order valence-electron chi connectivity index (χ2n) is 8.05. The summed E-state index contributed by atoms with van der Waals surface area (Å²) in [4.78, 5) is 30.5. The van der Waals surface area contributed by atoms with Gasteiger partial charge in [-0.05, 0) is 30.7 Å². The number of hydrogen-bond acceptors (Lipinski definition) is 6. The number of halogens is 2. The lowest BCUT2D eigenvalue weighted by Crippen LogP contribution is -2.44. The van der Waals surface area contributed by atoms with Gasteiger partial charge >= 0.3 is 5.97 Å². The Kier molecular flexibility index (Phi) is 7.67. The van der Waals surface area contributed by atoms with Gasteiger partial charge in [-0.2, -0.15) is 0 Å².